The van der Waals surface area contributed by atoms with Gasteiger partial charge in [0.1, 0.15) is 5.54 Å². The molecule has 0 aliphatic rings. The number of thioether (sulfide) groups is 1. The number of hydrogen-bond donors (Lipinski definition) is 1. The molecule has 76 valence electrons. The molecule has 0 amide bonds. The maximum atomic E-state index is 8.99. The van der Waals surface area contributed by atoms with Gasteiger partial charge >= 0.3 is 0 Å². The average Bonchev–Trinajstić information content (AvgIpc) is 2.15. The van der Waals surface area contributed by atoms with Crippen LogP contribution in [0.15, 0.2) is 0 Å². The summed E-state index contributed by atoms with van der Waals surface area (Å²) in [6.07, 6.45) is 5.25. The van der Waals surface area contributed by atoms with Crippen molar-refractivity contribution in [3.63, 3.8) is 0 Å². The minimum atomic E-state index is -0.314. The normalized spacial score (nSPS) is 14.9. The Morgan fingerprint density at radius 1 is 1.54 bits per heavy atom. The lowest BCUT2D eigenvalue weighted by molar-refractivity contribution is 0.416. The zero-order valence-electron chi connectivity index (χ0n) is 8.89. The fraction of sp³-hybridized carbons (Fsp3) is 0.900. The average molecular weight is 200 g/mol. The van der Waals surface area contributed by atoms with Crippen LogP contribution in [-0.2, 0) is 0 Å². The zero-order valence-corrected chi connectivity index (χ0v) is 9.71. The van der Waals surface area contributed by atoms with Crippen molar-refractivity contribution >= 4 is 11.8 Å². The van der Waals surface area contributed by atoms with Gasteiger partial charge in [-0.05, 0) is 44.7 Å². The van der Waals surface area contributed by atoms with E-state index in [-0.39, 0.29) is 5.54 Å². The fourth-order valence-corrected chi connectivity index (χ4v) is 1.59. The predicted octanol–water partition coefficient (Wildman–Crippen LogP) is 2.41. The van der Waals surface area contributed by atoms with Crippen LogP contribution in [0, 0.1) is 11.3 Å². The molecule has 0 aromatic carbocycles. The molecule has 0 aromatic rings. The molecule has 0 aromatic heterocycles. The maximum Gasteiger partial charge on any atom is 0.103 e. The second-order valence-electron chi connectivity index (χ2n) is 3.47. The van der Waals surface area contributed by atoms with E-state index in [9.17, 15) is 0 Å². The first kappa shape index (κ1) is 12.8. The molecule has 0 bridgehead atoms. The van der Waals surface area contributed by atoms with Gasteiger partial charge in [-0.3, -0.25) is 5.32 Å². The quantitative estimate of drug-likeness (QED) is 0.641. The lowest BCUT2D eigenvalue weighted by Crippen LogP contribution is -2.41. The lowest BCUT2D eigenvalue weighted by atomic mass is 9.98. The van der Waals surface area contributed by atoms with Gasteiger partial charge in [0.15, 0.2) is 0 Å². The first-order valence-corrected chi connectivity index (χ1v) is 6.23. The molecule has 1 unspecified atom stereocenters. The zero-order chi connectivity index (χ0) is 10.2. The third-order valence-electron chi connectivity index (χ3n) is 2.04. The van der Waals surface area contributed by atoms with Crippen LogP contribution in [0.5, 0.6) is 0 Å². The highest BCUT2D eigenvalue weighted by atomic mass is 32.2. The van der Waals surface area contributed by atoms with Crippen LogP contribution in [0.2, 0.25) is 0 Å². The van der Waals surface area contributed by atoms with Crippen LogP contribution in [0.4, 0.5) is 0 Å². The Morgan fingerprint density at radius 3 is 2.69 bits per heavy atom. The van der Waals surface area contributed by atoms with Crippen LogP contribution in [0.3, 0.4) is 0 Å². The molecule has 3 heteroatoms. The Hall–Kier alpha value is -0.200. The summed E-state index contributed by atoms with van der Waals surface area (Å²) in [5, 5.41) is 12.3. The molecule has 0 saturated heterocycles. The Bertz CT molecular complexity index is 165. The molecule has 1 atom stereocenters. The van der Waals surface area contributed by atoms with E-state index in [2.05, 4.69) is 24.6 Å². The Kier molecular flexibility index (Phi) is 7.12. The summed E-state index contributed by atoms with van der Waals surface area (Å²) in [5.41, 5.74) is -0.314. The van der Waals surface area contributed by atoms with Crippen LogP contribution in [0.25, 0.3) is 0 Å². The molecule has 0 aliphatic carbocycles. The molecule has 0 spiro atoms. The topological polar surface area (TPSA) is 35.8 Å². The molecule has 0 heterocycles. The van der Waals surface area contributed by atoms with E-state index in [0.717, 1.165) is 31.6 Å². The van der Waals surface area contributed by atoms with Crippen molar-refractivity contribution in [2.24, 2.45) is 0 Å². The predicted molar refractivity (Wildman–Crippen MR) is 59.9 cm³/mol. The summed E-state index contributed by atoms with van der Waals surface area (Å²) in [6, 6.07) is 2.35. The van der Waals surface area contributed by atoms with E-state index in [4.69, 9.17) is 5.26 Å². The van der Waals surface area contributed by atoms with E-state index in [1.807, 2.05) is 18.7 Å². The van der Waals surface area contributed by atoms with Gasteiger partial charge < -0.3 is 0 Å². The van der Waals surface area contributed by atoms with Crippen molar-refractivity contribution in [1.29, 1.82) is 5.26 Å². The monoisotopic (exact) mass is 200 g/mol. The maximum absolute atomic E-state index is 8.99. The van der Waals surface area contributed by atoms with Gasteiger partial charge in [0, 0.05) is 0 Å². The van der Waals surface area contributed by atoms with Gasteiger partial charge in [0.05, 0.1) is 6.07 Å². The van der Waals surface area contributed by atoms with Crippen molar-refractivity contribution < 1.29 is 0 Å². The van der Waals surface area contributed by atoms with E-state index >= 15 is 0 Å². The number of nitrogens with zero attached hydrogens (tertiary/aromatic N) is 1. The molecule has 0 saturated carbocycles. The first-order valence-electron chi connectivity index (χ1n) is 4.83. The van der Waals surface area contributed by atoms with Crippen molar-refractivity contribution in [2.75, 3.05) is 18.6 Å². The number of nitriles is 1. The summed E-state index contributed by atoms with van der Waals surface area (Å²) < 4.78 is 0. The highest BCUT2D eigenvalue weighted by Gasteiger charge is 2.21. The summed E-state index contributed by atoms with van der Waals surface area (Å²) in [7, 11) is 0. The minimum Gasteiger partial charge on any atom is -0.300 e. The number of rotatable bonds is 7. The van der Waals surface area contributed by atoms with Crippen molar-refractivity contribution in [1.82, 2.24) is 5.32 Å². The van der Waals surface area contributed by atoms with Crippen LogP contribution < -0.4 is 5.32 Å². The highest BCUT2D eigenvalue weighted by molar-refractivity contribution is 7.98. The molecule has 1 N–H and O–H groups in total. The highest BCUT2D eigenvalue weighted by Crippen LogP contribution is 2.13. The molecule has 2 nitrogen and oxygen atoms in total. The van der Waals surface area contributed by atoms with Crippen molar-refractivity contribution in [3.05, 3.63) is 0 Å². The first-order chi connectivity index (χ1) is 6.18. The van der Waals surface area contributed by atoms with Crippen LogP contribution >= 0.6 is 11.8 Å². The molecule has 0 rings (SSSR count). The summed E-state index contributed by atoms with van der Waals surface area (Å²) in [6.45, 7) is 5.04. The Balaban J connectivity index is 3.76. The van der Waals surface area contributed by atoms with Gasteiger partial charge in [-0.2, -0.15) is 17.0 Å². The second-order valence-corrected chi connectivity index (χ2v) is 4.45. The Morgan fingerprint density at radius 2 is 2.23 bits per heavy atom. The van der Waals surface area contributed by atoms with E-state index in [1.54, 1.807) is 0 Å². The number of nitrogens with one attached hydrogen (secondary N) is 1. The molecule has 0 aliphatic heterocycles. The van der Waals surface area contributed by atoms with Crippen molar-refractivity contribution in [3.8, 4) is 6.07 Å². The van der Waals surface area contributed by atoms with Gasteiger partial charge in [0.25, 0.3) is 0 Å². The van der Waals surface area contributed by atoms with Gasteiger partial charge in [-0.25, -0.2) is 0 Å². The van der Waals surface area contributed by atoms with Gasteiger partial charge in [-0.15, -0.1) is 0 Å². The second kappa shape index (κ2) is 7.23. The molecular weight excluding hydrogens is 180 g/mol. The minimum absolute atomic E-state index is 0.314. The standard InChI is InChI=1S/C10H20N2S/c1-4-7-12-10(2,9-11)6-5-8-13-3/h12H,4-8H2,1-3H3. The smallest absolute Gasteiger partial charge is 0.103 e. The largest absolute Gasteiger partial charge is 0.300 e. The van der Waals surface area contributed by atoms with Crippen LogP contribution in [-0.4, -0.2) is 24.1 Å². The summed E-state index contributed by atoms with van der Waals surface area (Å²) >= 11 is 1.84. The lowest BCUT2D eigenvalue weighted by Gasteiger charge is -2.22. The summed E-state index contributed by atoms with van der Waals surface area (Å²) in [5.74, 6) is 1.14. The molecule has 0 radical (unpaired) electrons. The third-order valence-corrected chi connectivity index (χ3v) is 2.73. The van der Waals surface area contributed by atoms with E-state index in [1.165, 1.54) is 0 Å². The molecule has 0 fully saturated rings. The number of hydrogen-bond acceptors (Lipinski definition) is 3. The molecule has 13 heavy (non-hydrogen) atoms. The van der Waals surface area contributed by atoms with Crippen molar-refractivity contribution in [2.45, 2.75) is 38.6 Å². The third kappa shape index (κ3) is 5.95. The molecular formula is C10H20N2S. The fourth-order valence-electron chi connectivity index (χ4n) is 1.15. The van der Waals surface area contributed by atoms with Crippen LogP contribution in [0.1, 0.15) is 33.1 Å². The SMILES string of the molecule is CCCNC(C)(C#N)CCCSC. The van der Waals surface area contributed by atoms with E-state index in [0.29, 0.717) is 0 Å². The van der Waals surface area contributed by atoms with E-state index < -0.39 is 0 Å². The van der Waals surface area contributed by atoms with Gasteiger partial charge in [0.2, 0.25) is 0 Å². The van der Waals surface area contributed by atoms with Gasteiger partial charge in [-0.1, -0.05) is 6.92 Å². The Labute approximate surface area is 86.1 Å². The summed E-state index contributed by atoms with van der Waals surface area (Å²) in [4.78, 5) is 0.